The zero-order chi connectivity index (χ0) is 13.9. The van der Waals surface area contributed by atoms with Gasteiger partial charge in [0.25, 0.3) is 0 Å². The van der Waals surface area contributed by atoms with Gasteiger partial charge < -0.3 is 10.2 Å². The summed E-state index contributed by atoms with van der Waals surface area (Å²) in [6.07, 6.45) is 6.64. The van der Waals surface area contributed by atoms with Gasteiger partial charge in [-0.15, -0.1) is 0 Å². The van der Waals surface area contributed by atoms with E-state index in [1.165, 1.54) is 67.3 Å². The molecule has 3 rings (SSSR count). The van der Waals surface area contributed by atoms with Crippen molar-refractivity contribution in [1.82, 2.24) is 10.2 Å². The molecule has 1 N–H and O–H groups in total. The van der Waals surface area contributed by atoms with E-state index < -0.39 is 0 Å². The molecule has 1 saturated heterocycles. The van der Waals surface area contributed by atoms with Crippen molar-refractivity contribution in [3.8, 4) is 0 Å². The van der Waals surface area contributed by atoms with Crippen LogP contribution in [0.2, 0.25) is 0 Å². The van der Waals surface area contributed by atoms with Crippen LogP contribution in [0.5, 0.6) is 0 Å². The minimum atomic E-state index is 0.554. The van der Waals surface area contributed by atoms with E-state index >= 15 is 0 Å². The number of hydrogen-bond donors (Lipinski definition) is 1. The van der Waals surface area contributed by atoms with Gasteiger partial charge >= 0.3 is 0 Å². The molecule has 0 saturated carbocycles. The highest BCUT2D eigenvalue weighted by molar-refractivity contribution is 9.10. The van der Waals surface area contributed by atoms with E-state index in [2.05, 4.69) is 51.3 Å². The first-order chi connectivity index (χ1) is 9.72. The molecule has 1 fully saturated rings. The van der Waals surface area contributed by atoms with E-state index in [9.17, 15) is 0 Å². The van der Waals surface area contributed by atoms with Gasteiger partial charge in [0.2, 0.25) is 0 Å². The van der Waals surface area contributed by atoms with Gasteiger partial charge in [-0.3, -0.25) is 0 Å². The summed E-state index contributed by atoms with van der Waals surface area (Å²) >= 11 is 3.57. The van der Waals surface area contributed by atoms with Crippen LogP contribution in [-0.4, -0.2) is 30.6 Å². The summed E-state index contributed by atoms with van der Waals surface area (Å²) in [6.45, 7) is 6.12. The van der Waals surface area contributed by atoms with Crippen molar-refractivity contribution in [1.29, 1.82) is 0 Å². The zero-order valence-electron chi connectivity index (χ0n) is 12.4. The van der Waals surface area contributed by atoms with Crippen LogP contribution in [0.4, 0.5) is 0 Å². The maximum Gasteiger partial charge on any atom is 0.0328 e. The molecule has 2 aliphatic rings. The second-order valence-corrected chi connectivity index (χ2v) is 7.28. The van der Waals surface area contributed by atoms with Crippen molar-refractivity contribution in [2.45, 2.75) is 51.1 Å². The van der Waals surface area contributed by atoms with Gasteiger partial charge in [0.1, 0.15) is 0 Å². The maximum atomic E-state index is 3.84. The number of benzene rings is 1. The summed E-state index contributed by atoms with van der Waals surface area (Å²) in [5.41, 5.74) is 3.03. The Morgan fingerprint density at radius 2 is 2.10 bits per heavy atom. The third kappa shape index (κ3) is 3.44. The number of nitrogens with one attached hydrogen (secondary N) is 1. The minimum absolute atomic E-state index is 0.554. The number of aryl methyl sites for hydroxylation is 1. The lowest BCUT2D eigenvalue weighted by Crippen LogP contribution is -2.42. The SMILES string of the molecule is CC(CN1CCCCC1)NC1CCc2cc(Br)ccc21. The molecule has 3 heteroatoms. The van der Waals surface area contributed by atoms with E-state index in [4.69, 9.17) is 0 Å². The fourth-order valence-corrected chi connectivity index (χ4v) is 4.09. The van der Waals surface area contributed by atoms with Crippen molar-refractivity contribution < 1.29 is 0 Å². The van der Waals surface area contributed by atoms with E-state index in [0.717, 1.165) is 0 Å². The zero-order valence-corrected chi connectivity index (χ0v) is 14.0. The second-order valence-electron chi connectivity index (χ2n) is 6.36. The number of piperidine rings is 1. The molecule has 20 heavy (non-hydrogen) atoms. The Balaban J connectivity index is 1.56. The molecule has 0 radical (unpaired) electrons. The van der Waals surface area contributed by atoms with Crippen molar-refractivity contribution in [3.63, 3.8) is 0 Å². The van der Waals surface area contributed by atoms with E-state index in [1.54, 1.807) is 0 Å². The molecule has 2 nitrogen and oxygen atoms in total. The Labute approximate surface area is 131 Å². The molecular weight excluding hydrogens is 312 g/mol. The summed E-state index contributed by atoms with van der Waals surface area (Å²) in [7, 11) is 0. The van der Waals surface area contributed by atoms with Gasteiger partial charge in [-0.1, -0.05) is 28.4 Å². The number of likely N-dealkylation sites (tertiary alicyclic amines) is 1. The minimum Gasteiger partial charge on any atom is -0.306 e. The van der Waals surface area contributed by atoms with Crippen molar-refractivity contribution in [3.05, 3.63) is 33.8 Å². The third-order valence-electron chi connectivity index (χ3n) is 4.65. The lowest BCUT2D eigenvalue weighted by Gasteiger charge is -2.30. The predicted octanol–water partition coefficient (Wildman–Crippen LogP) is 3.90. The predicted molar refractivity (Wildman–Crippen MR) is 88.1 cm³/mol. The molecule has 1 aliphatic carbocycles. The van der Waals surface area contributed by atoms with Crippen LogP contribution in [0.25, 0.3) is 0 Å². The van der Waals surface area contributed by atoms with Crippen molar-refractivity contribution in [2.75, 3.05) is 19.6 Å². The quantitative estimate of drug-likeness (QED) is 0.896. The van der Waals surface area contributed by atoms with Crippen LogP contribution in [0.3, 0.4) is 0 Å². The van der Waals surface area contributed by atoms with E-state index in [0.29, 0.717) is 12.1 Å². The number of halogens is 1. The maximum absolute atomic E-state index is 3.84. The summed E-state index contributed by atoms with van der Waals surface area (Å²) in [5, 5.41) is 3.84. The first kappa shape index (κ1) is 14.6. The van der Waals surface area contributed by atoms with Crippen LogP contribution in [0.15, 0.2) is 22.7 Å². The van der Waals surface area contributed by atoms with Crippen LogP contribution < -0.4 is 5.32 Å². The normalized spacial score (nSPS) is 24.6. The molecule has 1 heterocycles. The average molecular weight is 337 g/mol. The monoisotopic (exact) mass is 336 g/mol. The van der Waals surface area contributed by atoms with Crippen molar-refractivity contribution >= 4 is 15.9 Å². The van der Waals surface area contributed by atoms with Gasteiger partial charge in [-0.25, -0.2) is 0 Å². The smallest absolute Gasteiger partial charge is 0.0328 e. The highest BCUT2D eigenvalue weighted by atomic mass is 79.9. The molecule has 0 bridgehead atoms. The summed E-state index contributed by atoms with van der Waals surface area (Å²) < 4.78 is 1.21. The van der Waals surface area contributed by atoms with Crippen molar-refractivity contribution in [2.24, 2.45) is 0 Å². The fourth-order valence-electron chi connectivity index (χ4n) is 3.68. The van der Waals surface area contributed by atoms with Crippen LogP contribution >= 0.6 is 15.9 Å². The molecule has 0 spiro atoms. The van der Waals surface area contributed by atoms with E-state index in [-0.39, 0.29) is 0 Å². The molecule has 2 unspecified atom stereocenters. The Morgan fingerprint density at radius 1 is 1.30 bits per heavy atom. The molecular formula is C17H25BrN2. The number of rotatable bonds is 4. The largest absolute Gasteiger partial charge is 0.306 e. The molecule has 1 aliphatic heterocycles. The van der Waals surface area contributed by atoms with Crippen LogP contribution in [0.1, 0.15) is 49.8 Å². The van der Waals surface area contributed by atoms with E-state index in [1.807, 2.05) is 0 Å². The number of fused-ring (bicyclic) bond motifs is 1. The summed E-state index contributed by atoms with van der Waals surface area (Å²) in [6, 6.07) is 7.88. The van der Waals surface area contributed by atoms with Gasteiger partial charge in [-0.05, 0) is 69.0 Å². The lowest BCUT2D eigenvalue weighted by molar-refractivity contribution is 0.204. The van der Waals surface area contributed by atoms with Crippen LogP contribution in [-0.2, 0) is 6.42 Å². The molecule has 2 atom stereocenters. The molecule has 110 valence electrons. The molecule has 1 aromatic rings. The Kier molecular flexibility index (Phi) is 4.79. The Morgan fingerprint density at radius 3 is 2.90 bits per heavy atom. The molecule has 0 aromatic heterocycles. The highest BCUT2D eigenvalue weighted by Crippen LogP contribution is 2.33. The first-order valence-corrected chi connectivity index (χ1v) is 8.78. The van der Waals surface area contributed by atoms with Gasteiger partial charge in [0.15, 0.2) is 0 Å². The Bertz CT molecular complexity index is 454. The molecule has 1 aromatic carbocycles. The number of nitrogens with zero attached hydrogens (tertiary/aromatic N) is 1. The fraction of sp³-hybridized carbons (Fsp3) is 0.647. The molecule has 0 amide bonds. The van der Waals surface area contributed by atoms with Gasteiger partial charge in [-0.2, -0.15) is 0 Å². The average Bonchev–Trinajstić information content (AvgIpc) is 2.82. The lowest BCUT2D eigenvalue weighted by atomic mass is 10.1. The topological polar surface area (TPSA) is 15.3 Å². The standard InChI is InChI=1S/C17H25BrN2/c1-13(12-20-9-3-2-4-10-20)19-17-8-5-14-11-15(18)6-7-16(14)17/h6-7,11,13,17,19H,2-5,8-10,12H2,1H3. The number of hydrogen-bond acceptors (Lipinski definition) is 2. The Hall–Kier alpha value is -0.380. The highest BCUT2D eigenvalue weighted by Gasteiger charge is 2.24. The summed E-state index contributed by atoms with van der Waals surface area (Å²) in [5.74, 6) is 0. The summed E-state index contributed by atoms with van der Waals surface area (Å²) in [4.78, 5) is 2.62. The first-order valence-electron chi connectivity index (χ1n) is 7.99. The van der Waals surface area contributed by atoms with Crippen LogP contribution in [0, 0.1) is 0 Å². The second kappa shape index (κ2) is 6.59. The van der Waals surface area contributed by atoms with Gasteiger partial charge in [0, 0.05) is 23.1 Å². The van der Waals surface area contributed by atoms with Gasteiger partial charge in [0.05, 0.1) is 0 Å². The third-order valence-corrected chi connectivity index (χ3v) is 5.14.